The van der Waals surface area contributed by atoms with Crippen molar-refractivity contribution in [1.82, 2.24) is 14.8 Å². The van der Waals surface area contributed by atoms with E-state index in [9.17, 15) is 9.18 Å². The van der Waals surface area contributed by atoms with Crippen molar-refractivity contribution in [3.63, 3.8) is 0 Å². The molecule has 0 unspecified atom stereocenters. The summed E-state index contributed by atoms with van der Waals surface area (Å²) >= 11 is 7.63. The summed E-state index contributed by atoms with van der Waals surface area (Å²) in [7, 11) is 0. The van der Waals surface area contributed by atoms with Crippen LogP contribution in [0.1, 0.15) is 21.7 Å². The van der Waals surface area contributed by atoms with Crippen LogP contribution in [0.4, 0.5) is 4.39 Å². The minimum Gasteiger partial charge on any atom is -0.337 e. The minimum atomic E-state index is -0.220. The Kier molecular flexibility index (Phi) is 6.23. The van der Waals surface area contributed by atoms with Gasteiger partial charge in [-0.1, -0.05) is 41.9 Å². The summed E-state index contributed by atoms with van der Waals surface area (Å²) in [6, 6.07) is 14.1. The number of amides is 1. The van der Waals surface area contributed by atoms with Crippen LogP contribution in [0.5, 0.6) is 0 Å². The Morgan fingerprint density at radius 2 is 1.86 bits per heavy atom. The van der Waals surface area contributed by atoms with Crippen LogP contribution < -0.4 is 0 Å². The Bertz CT molecular complexity index is 992. The Hall–Kier alpha value is -2.28. The first kappa shape index (κ1) is 20.0. The molecule has 1 aliphatic heterocycles. The molecule has 0 bridgehead atoms. The van der Waals surface area contributed by atoms with Crippen LogP contribution in [-0.2, 0) is 6.54 Å². The summed E-state index contributed by atoms with van der Waals surface area (Å²) in [5.41, 5.74) is 1.93. The molecule has 0 aliphatic carbocycles. The second-order valence-electron chi connectivity index (χ2n) is 7.06. The highest BCUT2D eigenvalue weighted by atomic mass is 35.5. The SMILES string of the molecule is O=C(c1cnc(-c2ccccc2Cl)s1)N1CCCN(Cc2ccc(F)cc2)CC1. The zero-order chi connectivity index (χ0) is 20.2. The molecule has 3 aromatic rings. The number of aromatic nitrogens is 1. The Labute approximate surface area is 178 Å². The van der Waals surface area contributed by atoms with Gasteiger partial charge in [0.05, 0.1) is 11.2 Å². The van der Waals surface area contributed by atoms with Crippen molar-refractivity contribution < 1.29 is 9.18 Å². The van der Waals surface area contributed by atoms with E-state index >= 15 is 0 Å². The second kappa shape index (κ2) is 9.03. The number of hydrogen-bond acceptors (Lipinski definition) is 4. The molecule has 4 nitrogen and oxygen atoms in total. The molecule has 2 aromatic carbocycles. The maximum atomic E-state index is 13.1. The normalized spacial score (nSPS) is 15.3. The molecule has 2 heterocycles. The van der Waals surface area contributed by atoms with Crippen molar-refractivity contribution in [2.45, 2.75) is 13.0 Å². The van der Waals surface area contributed by atoms with Crippen molar-refractivity contribution in [2.24, 2.45) is 0 Å². The third kappa shape index (κ3) is 4.83. The fourth-order valence-corrected chi connectivity index (χ4v) is 4.67. The molecular weight excluding hydrogens is 409 g/mol. The van der Waals surface area contributed by atoms with Crippen LogP contribution in [0, 0.1) is 5.82 Å². The highest BCUT2D eigenvalue weighted by Crippen LogP contribution is 2.31. The maximum absolute atomic E-state index is 13.1. The van der Waals surface area contributed by atoms with Crippen molar-refractivity contribution in [3.8, 4) is 10.6 Å². The first-order chi connectivity index (χ1) is 14.1. The lowest BCUT2D eigenvalue weighted by Crippen LogP contribution is -2.34. The van der Waals surface area contributed by atoms with E-state index in [-0.39, 0.29) is 11.7 Å². The quantitative estimate of drug-likeness (QED) is 0.588. The molecule has 1 aliphatic rings. The lowest BCUT2D eigenvalue weighted by molar-refractivity contribution is 0.0765. The molecular formula is C22H21ClFN3OS. The summed E-state index contributed by atoms with van der Waals surface area (Å²) in [5.74, 6) is -0.202. The van der Waals surface area contributed by atoms with E-state index in [0.717, 1.165) is 48.7 Å². The molecule has 150 valence electrons. The predicted octanol–water partition coefficient (Wildman–Crippen LogP) is 4.95. The number of hydrogen-bond donors (Lipinski definition) is 0. The molecule has 0 atom stereocenters. The van der Waals surface area contributed by atoms with Crippen LogP contribution in [0.15, 0.2) is 54.7 Å². The van der Waals surface area contributed by atoms with Gasteiger partial charge in [-0.15, -0.1) is 11.3 Å². The van der Waals surface area contributed by atoms with Gasteiger partial charge < -0.3 is 4.90 Å². The van der Waals surface area contributed by atoms with Gasteiger partial charge in [0.1, 0.15) is 15.7 Å². The Morgan fingerprint density at radius 3 is 2.66 bits per heavy atom. The van der Waals surface area contributed by atoms with E-state index in [1.165, 1.54) is 23.5 Å². The van der Waals surface area contributed by atoms with Crippen LogP contribution in [0.2, 0.25) is 5.02 Å². The highest BCUT2D eigenvalue weighted by molar-refractivity contribution is 7.17. The number of rotatable bonds is 4. The highest BCUT2D eigenvalue weighted by Gasteiger charge is 2.22. The lowest BCUT2D eigenvalue weighted by Gasteiger charge is -2.21. The monoisotopic (exact) mass is 429 g/mol. The number of thiazole rings is 1. The average Bonchev–Trinajstić information content (AvgIpc) is 3.10. The standard InChI is InChI=1S/C22H21ClFN3OS/c23-19-5-2-1-4-18(19)21-25-14-20(29-21)22(28)27-11-3-10-26(12-13-27)15-16-6-8-17(24)9-7-16/h1-2,4-9,14H,3,10-13,15H2. The van der Waals surface area contributed by atoms with E-state index in [4.69, 9.17) is 11.6 Å². The van der Waals surface area contributed by atoms with Crippen LogP contribution in [0.25, 0.3) is 10.6 Å². The number of carbonyl (C=O) groups excluding carboxylic acids is 1. The van der Waals surface area contributed by atoms with Crippen molar-refractivity contribution in [3.05, 3.63) is 76.0 Å². The van der Waals surface area contributed by atoms with E-state index in [1.807, 2.05) is 41.3 Å². The smallest absolute Gasteiger partial charge is 0.265 e. The van der Waals surface area contributed by atoms with Gasteiger partial charge in [0.15, 0.2) is 0 Å². The summed E-state index contributed by atoms with van der Waals surface area (Å²) in [6.45, 7) is 3.85. The summed E-state index contributed by atoms with van der Waals surface area (Å²) in [6.07, 6.45) is 2.55. The molecule has 1 amide bonds. The fraction of sp³-hybridized carbons (Fsp3) is 0.273. The van der Waals surface area contributed by atoms with Gasteiger partial charge in [0.2, 0.25) is 0 Å². The third-order valence-corrected chi connectivity index (χ3v) is 6.36. The van der Waals surface area contributed by atoms with Crippen molar-refractivity contribution >= 4 is 28.8 Å². The van der Waals surface area contributed by atoms with Crippen molar-refractivity contribution in [1.29, 1.82) is 0 Å². The van der Waals surface area contributed by atoms with E-state index in [1.54, 1.807) is 6.20 Å². The molecule has 4 rings (SSSR count). The summed E-state index contributed by atoms with van der Waals surface area (Å²) in [5, 5.41) is 1.39. The van der Waals surface area contributed by atoms with Crippen LogP contribution >= 0.6 is 22.9 Å². The number of nitrogens with zero attached hydrogens (tertiary/aromatic N) is 3. The Balaban J connectivity index is 1.40. The molecule has 0 saturated carbocycles. The summed E-state index contributed by atoms with van der Waals surface area (Å²) < 4.78 is 13.1. The van der Waals surface area contributed by atoms with E-state index in [2.05, 4.69) is 9.88 Å². The zero-order valence-electron chi connectivity index (χ0n) is 15.9. The average molecular weight is 430 g/mol. The minimum absolute atomic E-state index is 0.0180. The van der Waals surface area contributed by atoms with E-state index in [0.29, 0.717) is 16.4 Å². The van der Waals surface area contributed by atoms with Gasteiger partial charge in [-0.25, -0.2) is 9.37 Å². The van der Waals surface area contributed by atoms with Gasteiger partial charge in [0.25, 0.3) is 5.91 Å². The van der Waals surface area contributed by atoms with Gasteiger partial charge in [0, 0.05) is 38.3 Å². The molecule has 7 heteroatoms. The molecule has 1 fully saturated rings. The first-order valence-electron chi connectivity index (χ1n) is 9.57. The second-order valence-corrected chi connectivity index (χ2v) is 8.50. The topological polar surface area (TPSA) is 36.4 Å². The van der Waals surface area contributed by atoms with Crippen LogP contribution in [-0.4, -0.2) is 46.9 Å². The third-order valence-electron chi connectivity index (χ3n) is 5.02. The van der Waals surface area contributed by atoms with Gasteiger partial charge >= 0.3 is 0 Å². The lowest BCUT2D eigenvalue weighted by atomic mass is 10.2. The number of benzene rings is 2. The molecule has 29 heavy (non-hydrogen) atoms. The molecule has 0 radical (unpaired) electrons. The fourth-order valence-electron chi connectivity index (χ4n) is 3.47. The first-order valence-corrected chi connectivity index (χ1v) is 10.8. The van der Waals surface area contributed by atoms with E-state index < -0.39 is 0 Å². The molecule has 0 spiro atoms. The number of halogens is 2. The molecule has 1 aromatic heterocycles. The van der Waals surface area contributed by atoms with Gasteiger partial charge in [-0.3, -0.25) is 9.69 Å². The van der Waals surface area contributed by atoms with Crippen LogP contribution in [0.3, 0.4) is 0 Å². The molecule has 1 saturated heterocycles. The largest absolute Gasteiger partial charge is 0.337 e. The summed E-state index contributed by atoms with van der Waals surface area (Å²) in [4.78, 5) is 22.2. The van der Waals surface area contributed by atoms with Gasteiger partial charge in [-0.2, -0.15) is 0 Å². The predicted molar refractivity (Wildman–Crippen MR) is 115 cm³/mol. The zero-order valence-corrected chi connectivity index (χ0v) is 17.4. The van der Waals surface area contributed by atoms with Crippen molar-refractivity contribution in [2.75, 3.05) is 26.2 Å². The molecule has 0 N–H and O–H groups in total. The number of carbonyl (C=O) groups is 1. The maximum Gasteiger partial charge on any atom is 0.265 e. The van der Waals surface area contributed by atoms with Gasteiger partial charge in [-0.05, 0) is 30.2 Å². The Morgan fingerprint density at radius 1 is 1.07 bits per heavy atom.